The maximum atomic E-state index is 13.0. The van der Waals surface area contributed by atoms with E-state index in [1.165, 1.54) is 29.2 Å². The van der Waals surface area contributed by atoms with E-state index in [1.54, 1.807) is 0 Å². The van der Waals surface area contributed by atoms with Crippen LogP contribution in [-0.2, 0) is 0 Å². The Labute approximate surface area is 248 Å². The molecule has 0 radical (unpaired) electrons. The van der Waals surface area contributed by atoms with Crippen LogP contribution in [-0.4, -0.2) is 79.9 Å². The van der Waals surface area contributed by atoms with Gasteiger partial charge in [-0.25, -0.2) is 0 Å². The van der Waals surface area contributed by atoms with E-state index >= 15 is 0 Å². The third kappa shape index (κ3) is 4.25. The number of allylic oxidation sites excluding steroid dienone is 2. The predicted octanol–water partition coefficient (Wildman–Crippen LogP) is 5.83. The van der Waals surface area contributed by atoms with Crippen molar-refractivity contribution in [3.8, 4) is 0 Å². The molecule has 2 fully saturated rings. The number of nitrogens with one attached hydrogen (secondary N) is 1. The van der Waals surface area contributed by atoms with Crippen LogP contribution in [0.1, 0.15) is 63.5 Å². The van der Waals surface area contributed by atoms with Crippen LogP contribution >= 0.6 is 0 Å². The molecule has 3 bridgehead atoms. The average Bonchev–Trinajstić information content (AvgIpc) is 3.50. The van der Waals surface area contributed by atoms with Crippen molar-refractivity contribution in [3.05, 3.63) is 72.6 Å². The fourth-order valence-corrected chi connectivity index (χ4v) is 9.60. The van der Waals surface area contributed by atoms with Gasteiger partial charge in [-0.3, -0.25) is 9.88 Å². The van der Waals surface area contributed by atoms with Crippen LogP contribution in [0.2, 0.25) is 0 Å². The first-order chi connectivity index (χ1) is 20.6. The van der Waals surface area contributed by atoms with Crippen LogP contribution in [0.3, 0.4) is 0 Å². The van der Waals surface area contributed by atoms with E-state index in [1.807, 2.05) is 12.3 Å². The molecule has 8 rings (SSSR count). The van der Waals surface area contributed by atoms with Crippen molar-refractivity contribution in [3.63, 3.8) is 0 Å². The Kier molecular flexibility index (Phi) is 6.67. The number of hydrogen-bond acceptors (Lipinski definition) is 5. The molecule has 4 aliphatic heterocycles. The maximum absolute atomic E-state index is 13.0. The summed E-state index contributed by atoms with van der Waals surface area (Å²) in [5, 5.41) is 26.2. The first kappa shape index (κ1) is 26.8. The second-order valence-corrected chi connectivity index (χ2v) is 13.7. The highest BCUT2D eigenvalue weighted by molar-refractivity contribution is 6.09. The maximum Gasteiger partial charge on any atom is 0.103 e. The lowest BCUT2D eigenvalue weighted by Crippen LogP contribution is -2.65. The van der Waals surface area contributed by atoms with Gasteiger partial charge < -0.3 is 20.1 Å². The van der Waals surface area contributed by atoms with E-state index < -0.39 is 11.7 Å². The van der Waals surface area contributed by atoms with Crippen molar-refractivity contribution in [1.82, 2.24) is 19.8 Å². The molecule has 6 nitrogen and oxygen atoms in total. The molecular formula is C36H44N4O2. The van der Waals surface area contributed by atoms with Crippen LogP contribution in [0.4, 0.5) is 0 Å². The van der Waals surface area contributed by atoms with E-state index in [0.717, 1.165) is 81.4 Å². The first-order valence-corrected chi connectivity index (χ1v) is 16.4. The third-order valence-electron chi connectivity index (χ3n) is 11.2. The number of aromatic nitrogens is 2. The zero-order valence-electron chi connectivity index (χ0n) is 24.6. The fraction of sp³-hybridized carbons (Fsp3) is 0.528. The number of pyridine rings is 1. The fourth-order valence-electron chi connectivity index (χ4n) is 9.60. The minimum Gasteiger partial charge on any atom is -0.389 e. The number of aliphatic hydroxyl groups is 2. The number of fused-ring (bicyclic) bond motifs is 5. The molecule has 3 aromatic rings. The van der Waals surface area contributed by atoms with Crippen LogP contribution in [0, 0.1) is 11.3 Å². The Balaban J connectivity index is 1.35. The molecule has 1 unspecified atom stereocenters. The number of para-hydroxylation sites is 1. The molecule has 2 saturated heterocycles. The Morgan fingerprint density at radius 1 is 0.929 bits per heavy atom. The average molecular weight is 565 g/mol. The number of hydrogen-bond donors (Lipinski definition) is 3. The van der Waals surface area contributed by atoms with E-state index in [-0.39, 0.29) is 11.5 Å². The molecule has 1 aromatic carbocycles. The zero-order valence-corrected chi connectivity index (χ0v) is 24.6. The van der Waals surface area contributed by atoms with Gasteiger partial charge in [0.2, 0.25) is 0 Å². The summed E-state index contributed by atoms with van der Waals surface area (Å²) in [5.41, 5.74) is 3.29. The highest BCUT2D eigenvalue weighted by Gasteiger charge is 2.65. The van der Waals surface area contributed by atoms with E-state index in [9.17, 15) is 10.2 Å². The van der Waals surface area contributed by atoms with Crippen molar-refractivity contribution < 1.29 is 10.2 Å². The van der Waals surface area contributed by atoms with Crippen molar-refractivity contribution >= 4 is 27.4 Å². The lowest BCUT2D eigenvalue weighted by atomic mass is 9.54. The van der Waals surface area contributed by atoms with E-state index in [4.69, 9.17) is 4.98 Å². The molecule has 0 amide bonds. The van der Waals surface area contributed by atoms with Crippen LogP contribution in [0.15, 0.2) is 66.9 Å². The summed E-state index contributed by atoms with van der Waals surface area (Å²) in [6.45, 7) is 4.17. The molecule has 0 saturated carbocycles. The first-order valence-electron chi connectivity index (χ1n) is 16.4. The van der Waals surface area contributed by atoms with Crippen LogP contribution < -0.4 is 0 Å². The van der Waals surface area contributed by atoms with Crippen LogP contribution in [0.25, 0.3) is 27.4 Å². The van der Waals surface area contributed by atoms with Gasteiger partial charge in [-0.2, -0.15) is 0 Å². The Morgan fingerprint density at radius 3 is 2.79 bits per heavy atom. The molecule has 1 aliphatic carbocycles. The Bertz CT molecular complexity index is 1570. The SMILES string of the molecule is O[C@H]1/C=C/C[C@]2(O)C=C(c3nccc4c3[nH]c3ccccc34)[C@@H]3CCN(CCCC1)C[C@@]31C[C@@H]3/C=C\CCCCN3[C@H]12. The summed E-state index contributed by atoms with van der Waals surface area (Å²) in [6.07, 6.45) is 21.7. The van der Waals surface area contributed by atoms with Crippen LogP contribution in [0.5, 0.6) is 0 Å². The largest absolute Gasteiger partial charge is 0.389 e. The molecule has 6 heteroatoms. The highest BCUT2D eigenvalue weighted by Crippen LogP contribution is 2.61. The molecule has 2 aromatic heterocycles. The Morgan fingerprint density at radius 2 is 1.83 bits per heavy atom. The number of H-pyrrole nitrogens is 1. The van der Waals surface area contributed by atoms with Gasteiger partial charge in [0.1, 0.15) is 5.60 Å². The summed E-state index contributed by atoms with van der Waals surface area (Å²) < 4.78 is 0. The molecule has 6 heterocycles. The van der Waals surface area contributed by atoms with Crippen molar-refractivity contribution in [2.45, 2.75) is 81.6 Å². The molecule has 220 valence electrons. The highest BCUT2D eigenvalue weighted by atomic mass is 16.3. The summed E-state index contributed by atoms with van der Waals surface area (Å²) in [5.74, 6) is 0.324. The monoisotopic (exact) mass is 564 g/mol. The number of piperidine rings is 1. The van der Waals surface area contributed by atoms with Gasteiger partial charge >= 0.3 is 0 Å². The quantitative estimate of drug-likeness (QED) is 0.325. The number of aliphatic hydroxyl groups excluding tert-OH is 1. The zero-order chi connectivity index (χ0) is 28.3. The van der Waals surface area contributed by atoms with E-state index in [0.29, 0.717) is 18.4 Å². The second-order valence-electron chi connectivity index (χ2n) is 13.7. The molecule has 1 spiro atoms. The lowest BCUT2D eigenvalue weighted by Gasteiger charge is -2.58. The van der Waals surface area contributed by atoms with Gasteiger partial charge in [0.05, 0.1) is 23.4 Å². The molecule has 7 atom stereocenters. The van der Waals surface area contributed by atoms with Gasteiger partial charge in [-0.1, -0.05) is 42.5 Å². The summed E-state index contributed by atoms with van der Waals surface area (Å²) in [7, 11) is 0. The minimum absolute atomic E-state index is 0.0266. The van der Waals surface area contributed by atoms with Gasteiger partial charge in [0, 0.05) is 40.5 Å². The van der Waals surface area contributed by atoms with Crippen molar-refractivity contribution in [2.75, 3.05) is 26.2 Å². The van der Waals surface area contributed by atoms with Gasteiger partial charge in [0.15, 0.2) is 0 Å². The number of aromatic amines is 1. The van der Waals surface area contributed by atoms with Gasteiger partial charge in [-0.15, -0.1) is 0 Å². The Hall–Kier alpha value is -2.77. The summed E-state index contributed by atoms with van der Waals surface area (Å²) in [6, 6.07) is 11.0. The predicted molar refractivity (Wildman–Crippen MR) is 169 cm³/mol. The molecule has 5 aliphatic rings. The smallest absolute Gasteiger partial charge is 0.103 e. The van der Waals surface area contributed by atoms with E-state index in [2.05, 4.69) is 69.4 Å². The van der Waals surface area contributed by atoms with Gasteiger partial charge in [0.25, 0.3) is 0 Å². The number of nitrogens with zero attached hydrogens (tertiary/aromatic N) is 3. The molecule has 42 heavy (non-hydrogen) atoms. The number of benzene rings is 1. The second kappa shape index (κ2) is 10.4. The number of rotatable bonds is 1. The molecule has 3 N–H and O–H groups in total. The summed E-state index contributed by atoms with van der Waals surface area (Å²) in [4.78, 5) is 14.2. The summed E-state index contributed by atoms with van der Waals surface area (Å²) >= 11 is 0. The lowest BCUT2D eigenvalue weighted by molar-refractivity contribution is -0.0850. The third-order valence-corrected chi connectivity index (χ3v) is 11.2. The standard InChI is InChI=1S/C36H44N4O2/c41-26-11-6-8-19-39-21-16-30-29(32-33-28(15-18-37-32)27-13-4-5-14-31(27)38-33)23-36(42,17-9-12-26)34-35(30,24-39)22-25-10-3-1-2-7-20-40(25)34/h3-5,9-10,12-15,18,23,25-26,30,34,38,41-42H,1-2,6-8,11,16-17,19-22,24H2/b10-3-,12-9+/t25-,26+,30-,34+,35-,36-/m0/s1. The minimum atomic E-state index is -1.06. The molecular weight excluding hydrogens is 520 g/mol. The van der Waals surface area contributed by atoms with Crippen molar-refractivity contribution in [2.24, 2.45) is 11.3 Å². The normalized spacial score (nSPS) is 38.8. The van der Waals surface area contributed by atoms with Crippen molar-refractivity contribution in [1.29, 1.82) is 0 Å². The van der Waals surface area contributed by atoms with Gasteiger partial charge in [-0.05, 0) is 107 Å². The topological polar surface area (TPSA) is 75.6 Å².